The molecule has 19 heavy (non-hydrogen) atoms. The summed E-state index contributed by atoms with van der Waals surface area (Å²) in [5.41, 5.74) is 7.44. The molecule has 0 aliphatic heterocycles. The maximum absolute atomic E-state index is 12.4. The third-order valence-corrected chi connectivity index (χ3v) is 2.82. The van der Waals surface area contributed by atoms with Crippen LogP contribution >= 0.6 is 0 Å². The number of carbonyl (C=O) groups excluding carboxylic acids is 1. The Bertz CT molecular complexity index is 440. The Hall–Kier alpha value is -1.82. The van der Waals surface area contributed by atoms with Crippen molar-refractivity contribution in [2.45, 2.75) is 19.8 Å². The third kappa shape index (κ3) is 3.57. The number of rotatable bonds is 7. The normalized spacial score (nSPS) is 10.7. The molecule has 0 bridgehead atoms. The van der Waals surface area contributed by atoms with E-state index < -0.39 is 0 Å². The maximum Gasteiger partial charge on any atom is 0.276 e. The van der Waals surface area contributed by atoms with Gasteiger partial charge in [0.05, 0.1) is 18.0 Å². The average Bonchev–Trinajstić information content (AvgIpc) is 2.75. The number of methoxy groups -OCH3 is 1. The number of nitrogens with two attached hydrogens (primary N) is 1. The monoisotopic (exact) mass is 266 g/mol. The predicted molar refractivity (Wildman–Crippen MR) is 75.1 cm³/mol. The molecule has 6 nitrogen and oxygen atoms in total. The molecule has 0 atom stereocenters. The molecule has 0 saturated carbocycles. The number of nitrogens with zero attached hydrogens (tertiary/aromatic N) is 2. The quantitative estimate of drug-likeness (QED) is 0.730. The van der Waals surface area contributed by atoms with Crippen molar-refractivity contribution in [2.75, 3.05) is 32.5 Å². The van der Waals surface area contributed by atoms with Crippen LogP contribution in [-0.4, -0.2) is 47.8 Å². The zero-order valence-corrected chi connectivity index (χ0v) is 11.8. The van der Waals surface area contributed by atoms with Gasteiger partial charge in [-0.25, -0.2) is 0 Å². The van der Waals surface area contributed by atoms with Crippen LogP contribution in [0.5, 0.6) is 0 Å². The van der Waals surface area contributed by atoms with Gasteiger partial charge in [0.1, 0.15) is 0 Å². The summed E-state index contributed by atoms with van der Waals surface area (Å²) in [5, 5.41) is 6.86. The van der Waals surface area contributed by atoms with Crippen LogP contribution in [0, 0.1) is 0 Å². The minimum Gasteiger partial charge on any atom is -0.395 e. The van der Waals surface area contributed by atoms with Gasteiger partial charge in [-0.05, 0) is 5.92 Å². The number of H-pyrrole nitrogens is 1. The SMILES string of the molecule is C=CCN(CCOC)C(=O)c1n[nH]c(C(C)C)c1N. The first-order valence-electron chi connectivity index (χ1n) is 6.25. The van der Waals surface area contributed by atoms with E-state index >= 15 is 0 Å². The molecule has 1 rings (SSSR count). The zero-order chi connectivity index (χ0) is 14.4. The Morgan fingerprint density at radius 3 is 2.79 bits per heavy atom. The van der Waals surface area contributed by atoms with Crippen molar-refractivity contribution in [3.8, 4) is 0 Å². The summed E-state index contributed by atoms with van der Waals surface area (Å²) >= 11 is 0. The number of nitrogen functional groups attached to an aromatic ring is 1. The largest absolute Gasteiger partial charge is 0.395 e. The van der Waals surface area contributed by atoms with Crippen LogP contribution in [0.4, 0.5) is 5.69 Å². The van der Waals surface area contributed by atoms with Gasteiger partial charge in [-0.15, -0.1) is 6.58 Å². The summed E-state index contributed by atoms with van der Waals surface area (Å²) in [6, 6.07) is 0. The summed E-state index contributed by atoms with van der Waals surface area (Å²) < 4.78 is 4.99. The van der Waals surface area contributed by atoms with E-state index in [2.05, 4.69) is 16.8 Å². The van der Waals surface area contributed by atoms with Crippen molar-refractivity contribution in [1.82, 2.24) is 15.1 Å². The van der Waals surface area contributed by atoms with Crippen LogP contribution in [0.25, 0.3) is 0 Å². The highest BCUT2D eigenvalue weighted by molar-refractivity contribution is 5.97. The van der Waals surface area contributed by atoms with Gasteiger partial charge in [0.15, 0.2) is 5.69 Å². The molecule has 1 aromatic heterocycles. The molecular formula is C13H22N4O2. The van der Waals surface area contributed by atoms with Crippen LogP contribution in [-0.2, 0) is 4.74 Å². The molecule has 0 saturated heterocycles. The number of anilines is 1. The van der Waals surface area contributed by atoms with E-state index in [1.165, 1.54) is 0 Å². The van der Waals surface area contributed by atoms with Gasteiger partial charge in [-0.2, -0.15) is 5.10 Å². The molecule has 1 amide bonds. The number of ether oxygens (including phenoxy) is 1. The number of hydrogen-bond donors (Lipinski definition) is 2. The Morgan fingerprint density at radius 1 is 1.63 bits per heavy atom. The van der Waals surface area contributed by atoms with Gasteiger partial charge < -0.3 is 15.4 Å². The lowest BCUT2D eigenvalue weighted by Gasteiger charge is -2.19. The second-order valence-electron chi connectivity index (χ2n) is 4.59. The molecule has 0 fully saturated rings. The van der Waals surface area contributed by atoms with E-state index in [-0.39, 0.29) is 17.5 Å². The molecule has 106 valence electrons. The van der Waals surface area contributed by atoms with E-state index in [1.807, 2.05) is 13.8 Å². The summed E-state index contributed by atoms with van der Waals surface area (Å²) in [7, 11) is 1.59. The summed E-state index contributed by atoms with van der Waals surface area (Å²) in [6.07, 6.45) is 1.67. The van der Waals surface area contributed by atoms with E-state index in [9.17, 15) is 4.79 Å². The molecule has 6 heteroatoms. The first-order chi connectivity index (χ1) is 9.02. The highest BCUT2D eigenvalue weighted by Gasteiger charge is 2.23. The number of nitrogens with one attached hydrogen (secondary N) is 1. The molecule has 0 radical (unpaired) electrons. The van der Waals surface area contributed by atoms with Crippen molar-refractivity contribution in [1.29, 1.82) is 0 Å². The standard InChI is InChI=1S/C13H22N4O2/c1-5-6-17(7-8-19-4)13(18)12-10(14)11(9(2)3)15-16-12/h5,9H,1,6-8,14H2,2-4H3,(H,15,16). The Balaban J connectivity index is 2.92. The molecular weight excluding hydrogens is 244 g/mol. The second-order valence-corrected chi connectivity index (χ2v) is 4.59. The smallest absolute Gasteiger partial charge is 0.276 e. The van der Waals surface area contributed by atoms with Crippen molar-refractivity contribution < 1.29 is 9.53 Å². The van der Waals surface area contributed by atoms with Crippen molar-refractivity contribution >= 4 is 11.6 Å². The van der Waals surface area contributed by atoms with Crippen LogP contribution in [0.1, 0.15) is 35.9 Å². The van der Waals surface area contributed by atoms with E-state index in [4.69, 9.17) is 10.5 Å². The average molecular weight is 266 g/mol. The molecule has 3 N–H and O–H groups in total. The fourth-order valence-corrected chi connectivity index (χ4v) is 1.75. The van der Waals surface area contributed by atoms with Crippen LogP contribution < -0.4 is 5.73 Å². The number of amides is 1. The Kier molecular flexibility index (Phi) is 5.57. The van der Waals surface area contributed by atoms with Gasteiger partial charge in [-0.3, -0.25) is 9.89 Å². The fourth-order valence-electron chi connectivity index (χ4n) is 1.75. The predicted octanol–water partition coefficient (Wildman–Crippen LogP) is 1.39. The third-order valence-electron chi connectivity index (χ3n) is 2.82. The van der Waals surface area contributed by atoms with Gasteiger partial charge in [0, 0.05) is 20.2 Å². The molecule has 1 heterocycles. The Morgan fingerprint density at radius 2 is 2.32 bits per heavy atom. The van der Waals surface area contributed by atoms with Crippen molar-refractivity contribution in [3.63, 3.8) is 0 Å². The first-order valence-corrected chi connectivity index (χ1v) is 6.25. The second kappa shape index (κ2) is 6.94. The summed E-state index contributed by atoms with van der Waals surface area (Å²) in [5.74, 6) is -0.0153. The van der Waals surface area contributed by atoms with Gasteiger partial charge in [0.2, 0.25) is 0 Å². The van der Waals surface area contributed by atoms with Gasteiger partial charge >= 0.3 is 0 Å². The van der Waals surface area contributed by atoms with Crippen molar-refractivity contribution in [3.05, 3.63) is 24.0 Å². The summed E-state index contributed by atoms with van der Waals surface area (Å²) in [6.45, 7) is 9.00. The lowest BCUT2D eigenvalue weighted by Crippen LogP contribution is -2.34. The molecule has 0 aliphatic carbocycles. The molecule has 0 spiro atoms. The first kappa shape index (κ1) is 15.2. The topological polar surface area (TPSA) is 84.2 Å². The minimum atomic E-state index is -0.211. The molecule has 0 aromatic carbocycles. The zero-order valence-electron chi connectivity index (χ0n) is 11.8. The number of aromatic amines is 1. The van der Waals surface area contributed by atoms with Crippen LogP contribution in [0.3, 0.4) is 0 Å². The number of carbonyl (C=O) groups is 1. The minimum absolute atomic E-state index is 0.195. The highest BCUT2D eigenvalue weighted by Crippen LogP contribution is 2.23. The van der Waals surface area contributed by atoms with Gasteiger partial charge in [0.25, 0.3) is 5.91 Å². The van der Waals surface area contributed by atoms with Crippen LogP contribution in [0.15, 0.2) is 12.7 Å². The van der Waals surface area contributed by atoms with Crippen LogP contribution in [0.2, 0.25) is 0 Å². The molecule has 0 unspecified atom stereocenters. The number of hydrogen-bond acceptors (Lipinski definition) is 4. The van der Waals surface area contributed by atoms with E-state index in [0.717, 1.165) is 5.69 Å². The number of aromatic nitrogens is 2. The molecule has 0 aliphatic rings. The summed E-state index contributed by atoms with van der Waals surface area (Å²) in [4.78, 5) is 14.0. The maximum atomic E-state index is 12.4. The highest BCUT2D eigenvalue weighted by atomic mass is 16.5. The van der Waals surface area contributed by atoms with E-state index in [1.54, 1.807) is 18.1 Å². The molecule has 1 aromatic rings. The van der Waals surface area contributed by atoms with Gasteiger partial charge in [-0.1, -0.05) is 19.9 Å². The fraction of sp³-hybridized carbons (Fsp3) is 0.538. The lowest BCUT2D eigenvalue weighted by atomic mass is 10.1. The lowest BCUT2D eigenvalue weighted by molar-refractivity contribution is 0.0713. The Labute approximate surface area is 113 Å². The van der Waals surface area contributed by atoms with Crippen molar-refractivity contribution in [2.24, 2.45) is 0 Å². The van der Waals surface area contributed by atoms with E-state index in [0.29, 0.717) is 25.4 Å².